The number of halogens is 5. The van der Waals surface area contributed by atoms with Crippen LogP contribution in [0.1, 0.15) is 11.1 Å². The maximum atomic E-state index is 15.2. The first kappa shape index (κ1) is 31.3. The van der Waals surface area contributed by atoms with E-state index in [4.69, 9.17) is 0 Å². The lowest BCUT2D eigenvalue weighted by atomic mass is 9.99. The van der Waals surface area contributed by atoms with Crippen molar-refractivity contribution < 1.29 is 22.0 Å². The van der Waals surface area contributed by atoms with Gasteiger partial charge in [-0.2, -0.15) is 18.4 Å². The van der Waals surface area contributed by atoms with E-state index in [9.17, 15) is 18.4 Å². The smallest absolute Gasteiger partial charge is 0.309 e. The van der Waals surface area contributed by atoms with Crippen LogP contribution in [0.3, 0.4) is 0 Å². The molecule has 250 valence electrons. The third-order valence-electron chi connectivity index (χ3n) is 9.73. The third kappa shape index (κ3) is 4.78. The van der Waals surface area contributed by atoms with Crippen molar-refractivity contribution in [3.63, 3.8) is 0 Å². The van der Waals surface area contributed by atoms with Gasteiger partial charge in [0.1, 0.15) is 11.6 Å². The average molecular weight is 690 g/mol. The van der Waals surface area contributed by atoms with Crippen LogP contribution >= 0.6 is 0 Å². The van der Waals surface area contributed by atoms with E-state index < -0.39 is 23.4 Å². The second-order valence-electron chi connectivity index (χ2n) is 12.6. The molecule has 0 N–H and O–H groups in total. The molecule has 0 saturated carbocycles. The number of alkyl halides is 3. The minimum absolute atomic E-state index is 0.0278. The molecule has 0 aliphatic rings. The fourth-order valence-corrected chi connectivity index (χ4v) is 7.49. The first-order valence-corrected chi connectivity index (χ1v) is 16.5. The van der Waals surface area contributed by atoms with Gasteiger partial charge in [0.2, 0.25) is 0 Å². The Balaban J connectivity index is 1.26. The number of hydrogen-bond donors (Lipinski definition) is 0. The molecule has 0 fully saturated rings. The molecule has 0 radical (unpaired) electrons. The molecule has 0 aliphatic carbocycles. The molecule has 3 nitrogen and oxygen atoms in total. The highest BCUT2D eigenvalue weighted by atomic mass is 19.4. The second kappa shape index (κ2) is 11.7. The van der Waals surface area contributed by atoms with Gasteiger partial charge >= 0.3 is 6.18 Å². The Morgan fingerprint density at radius 2 is 0.981 bits per heavy atom. The van der Waals surface area contributed by atoms with Gasteiger partial charge in [0.15, 0.2) is 0 Å². The van der Waals surface area contributed by atoms with Crippen LogP contribution in [0.5, 0.6) is 0 Å². The van der Waals surface area contributed by atoms with Crippen LogP contribution in [0, 0.1) is 23.0 Å². The van der Waals surface area contributed by atoms with Gasteiger partial charge in [-0.15, -0.1) is 0 Å². The third-order valence-corrected chi connectivity index (χ3v) is 9.73. The normalized spacial score (nSPS) is 11.9. The maximum Gasteiger partial charge on any atom is 0.418 e. The van der Waals surface area contributed by atoms with Crippen molar-refractivity contribution >= 4 is 43.6 Å². The standard InChI is InChI=1S/C44H24F5N3/c45-35-11-7-12-36(46)43(35)33-22-26(25-50)16-19-41(33)51-39-15-6-3-10-31(39)32-23-27(17-20-40(32)51)28-18-21-42(34(24-28)44(47,48)49)52-37-13-4-1-8-29(37)30-9-2-5-14-38(30)52/h1-24H. The lowest BCUT2D eigenvalue weighted by molar-refractivity contribution is -0.137. The molecule has 52 heavy (non-hydrogen) atoms. The number of fused-ring (bicyclic) bond motifs is 6. The summed E-state index contributed by atoms with van der Waals surface area (Å²) in [7, 11) is 0. The Bertz CT molecular complexity index is 2870. The van der Waals surface area contributed by atoms with Crippen molar-refractivity contribution in [3.05, 3.63) is 168 Å². The Labute approximate surface area is 293 Å². The molecular formula is C44H24F5N3. The first-order chi connectivity index (χ1) is 25.2. The summed E-state index contributed by atoms with van der Waals surface area (Å²) >= 11 is 0. The number of aromatic nitrogens is 2. The monoisotopic (exact) mass is 689 g/mol. The molecule has 8 heteroatoms. The molecule has 0 atom stereocenters. The summed E-state index contributed by atoms with van der Waals surface area (Å²) in [5.74, 6) is -1.55. The predicted molar refractivity (Wildman–Crippen MR) is 196 cm³/mol. The van der Waals surface area contributed by atoms with Crippen molar-refractivity contribution in [1.29, 1.82) is 5.26 Å². The van der Waals surface area contributed by atoms with Gasteiger partial charge in [0, 0.05) is 27.1 Å². The quantitative estimate of drug-likeness (QED) is 0.169. The lowest BCUT2D eigenvalue weighted by Crippen LogP contribution is -2.11. The van der Waals surface area contributed by atoms with E-state index >= 15 is 8.78 Å². The van der Waals surface area contributed by atoms with Crippen LogP contribution in [0.4, 0.5) is 22.0 Å². The van der Waals surface area contributed by atoms with Gasteiger partial charge in [0.25, 0.3) is 0 Å². The maximum absolute atomic E-state index is 15.2. The minimum Gasteiger partial charge on any atom is -0.309 e. The zero-order chi connectivity index (χ0) is 35.7. The highest BCUT2D eigenvalue weighted by Gasteiger charge is 2.35. The first-order valence-electron chi connectivity index (χ1n) is 16.5. The fourth-order valence-electron chi connectivity index (χ4n) is 7.49. The molecule has 0 bridgehead atoms. The van der Waals surface area contributed by atoms with Crippen LogP contribution in [0.25, 0.3) is 77.2 Å². The summed E-state index contributed by atoms with van der Waals surface area (Å²) in [5, 5.41) is 12.9. The summed E-state index contributed by atoms with van der Waals surface area (Å²) in [6.07, 6.45) is -4.66. The van der Waals surface area contributed by atoms with E-state index in [-0.39, 0.29) is 22.4 Å². The van der Waals surface area contributed by atoms with E-state index in [1.807, 2.05) is 83.4 Å². The highest BCUT2D eigenvalue weighted by Crippen LogP contribution is 2.43. The Morgan fingerprint density at radius 3 is 1.58 bits per heavy atom. The van der Waals surface area contributed by atoms with Gasteiger partial charge < -0.3 is 9.13 Å². The van der Waals surface area contributed by atoms with Gasteiger partial charge in [-0.05, 0) is 83.9 Å². The molecule has 9 rings (SSSR count). The summed E-state index contributed by atoms with van der Waals surface area (Å²) in [6.45, 7) is 0. The molecule has 0 amide bonds. The molecule has 9 aromatic rings. The molecule has 0 saturated heterocycles. The fraction of sp³-hybridized carbons (Fsp3) is 0.0227. The zero-order valence-electron chi connectivity index (χ0n) is 27.1. The predicted octanol–water partition coefficient (Wildman–Crippen LogP) is 12.4. The average Bonchev–Trinajstić information content (AvgIpc) is 3.67. The number of nitriles is 1. The second-order valence-corrected chi connectivity index (χ2v) is 12.6. The van der Waals surface area contributed by atoms with Crippen LogP contribution in [0.15, 0.2) is 146 Å². The van der Waals surface area contributed by atoms with E-state index in [2.05, 4.69) is 6.07 Å². The van der Waals surface area contributed by atoms with Gasteiger partial charge in [0.05, 0.1) is 56.2 Å². The minimum atomic E-state index is -4.66. The summed E-state index contributed by atoms with van der Waals surface area (Å²) in [6, 6.07) is 42.5. The van der Waals surface area contributed by atoms with E-state index in [0.717, 1.165) is 27.1 Å². The molecule has 7 aromatic carbocycles. The zero-order valence-corrected chi connectivity index (χ0v) is 27.1. The number of benzene rings is 7. The van der Waals surface area contributed by atoms with Gasteiger partial charge in [-0.3, -0.25) is 0 Å². The van der Waals surface area contributed by atoms with Crippen LogP contribution in [0.2, 0.25) is 0 Å². The van der Waals surface area contributed by atoms with Gasteiger partial charge in [-0.25, -0.2) is 8.78 Å². The SMILES string of the molecule is N#Cc1ccc(-n2c3ccccc3c3cc(-c4ccc(-n5c6ccccc6c6ccccc65)c(C(F)(F)F)c4)ccc32)c(-c2c(F)cccc2F)c1. The topological polar surface area (TPSA) is 33.6 Å². The molecule has 0 spiro atoms. The van der Waals surface area contributed by atoms with Crippen molar-refractivity contribution in [1.82, 2.24) is 9.13 Å². The Morgan fingerprint density at radius 1 is 0.481 bits per heavy atom. The molecule has 0 unspecified atom stereocenters. The highest BCUT2D eigenvalue weighted by molar-refractivity contribution is 6.11. The number of nitrogens with zero attached hydrogens (tertiary/aromatic N) is 3. The summed E-state index contributed by atoms with van der Waals surface area (Å²) in [5.41, 5.74) is 3.54. The number of para-hydroxylation sites is 3. The van der Waals surface area contributed by atoms with Crippen LogP contribution < -0.4 is 0 Å². The van der Waals surface area contributed by atoms with Crippen LogP contribution in [-0.4, -0.2) is 9.13 Å². The van der Waals surface area contributed by atoms with Crippen molar-refractivity contribution in [2.24, 2.45) is 0 Å². The van der Waals surface area contributed by atoms with Crippen molar-refractivity contribution in [2.75, 3.05) is 0 Å². The summed E-state index contributed by atoms with van der Waals surface area (Å²) < 4.78 is 79.0. The molecule has 0 aliphatic heterocycles. The lowest BCUT2D eigenvalue weighted by Gasteiger charge is -2.18. The van der Waals surface area contributed by atoms with E-state index in [1.54, 1.807) is 34.9 Å². The van der Waals surface area contributed by atoms with Crippen LogP contribution in [-0.2, 0) is 6.18 Å². The molecule has 2 heterocycles. The Kier molecular flexibility index (Phi) is 7.02. The van der Waals surface area contributed by atoms with Gasteiger partial charge in [-0.1, -0.05) is 72.8 Å². The Hall–Kier alpha value is -6.72. The van der Waals surface area contributed by atoms with Crippen molar-refractivity contribution in [3.8, 4) is 39.7 Å². The number of rotatable bonds is 4. The van der Waals surface area contributed by atoms with E-state index in [1.165, 1.54) is 36.4 Å². The van der Waals surface area contributed by atoms with Crippen molar-refractivity contribution in [2.45, 2.75) is 6.18 Å². The van der Waals surface area contributed by atoms with E-state index in [0.29, 0.717) is 33.4 Å². The molecular weight excluding hydrogens is 665 g/mol. The summed E-state index contributed by atoms with van der Waals surface area (Å²) in [4.78, 5) is 0. The number of hydrogen-bond acceptors (Lipinski definition) is 1. The molecule has 2 aromatic heterocycles. The largest absolute Gasteiger partial charge is 0.418 e.